The third-order valence-electron chi connectivity index (χ3n) is 2.40. The highest BCUT2D eigenvalue weighted by molar-refractivity contribution is 7.80. The van der Waals surface area contributed by atoms with E-state index in [1.54, 1.807) is 12.1 Å². The molecule has 0 heterocycles. The highest BCUT2D eigenvalue weighted by Gasteiger charge is 2.06. The molecule has 1 atom stereocenters. The van der Waals surface area contributed by atoms with E-state index in [9.17, 15) is 4.79 Å². The molecule has 1 aromatic carbocycles. The van der Waals surface area contributed by atoms with Crippen LogP contribution >= 0.6 is 12.2 Å². The summed E-state index contributed by atoms with van der Waals surface area (Å²) in [5.41, 5.74) is 6.96. The lowest BCUT2D eigenvalue weighted by Gasteiger charge is -2.12. The van der Waals surface area contributed by atoms with Gasteiger partial charge in [-0.15, -0.1) is 0 Å². The van der Waals surface area contributed by atoms with E-state index < -0.39 is 0 Å². The number of nitrogens with one attached hydrogen (secondary N) is 1. The van der Waals surface area contributed by atoms with Gasteiger partial charge in [-0.05, 0) is 24.3 Å². The highest BCUT2D eigenvalue weighted by atomic mass is 32.1. The molecule has 0 saturated carbocycles. The Morgan fingerprint density at radius 1 is 1.47 bits per heavy atom. The van der Waals surface area contributed by atoms with Crippen LogP contribution in [0.25, 0.3) is 0 Å². The standard InChI is InChI=1S/C12H16N2O2S/c1-8(11(13)17)7-14-10-5-3-9(4-6-10)12(15)16-2/h3-6,8,14H,7H2,1-2H3,(H2,13,17). The van der Waals surface area contributed by atoms with Gasteiger partial charge in [-0.25, -0.2) is 4.79 Å². The molecule has 0 bridgehead atoms. The summed E-state index contributed by atoms with van der Waals surface area (Å²) in [4.78, 5) is 11.7. The minimum Gasteiger partial charge on any atom is -0.465 e. The highest BCUT2D eigenvalue weighted by Crippen LogP contribution is 2.11. The lowest BCUT2D eigenvalue weighted by molar-refractivity contribution is 0.0601. The number of nitrogens with two attached hydrogens (primary N) is 1. The molecule has 0 aromatic heterocycles. The minimum atomic E-state index is -0.340. The van der Waals surface area contributed by atoms with E-state index in [1.807, 2.05) is 19.1 Å². The van der Waals surface area contributed by atoms with E-state index in [-0.39, 0.29) is 11.9 Å². The smallest absolute Gasteiger partial charge is 0.337 e. The number of hydrogen-bond donors (Lipinski definition) is 2. The molecule has 0 spiro atoms. The van der Waals surface area contributed by atoms with Crippen LogP contribution in [0.15, 0.2) is 24.3 Å². The third-order valence-corrected chi connectivity index (χ3v) is 2.81. The zero-order valence-electron chi connectivity index (χ0n) is 9.90. The number of hydrogen-bond acceptors (Lipinski definition) is 4. The summed E-state index contributed by atoms with van der Waals surface area (Å²) in [6.45, 7) is 2.63. The van der Waals surface area contributed by atoms with Crippen LogP contribution in [0, 0.1) is 5.92 Å². The molecule has 1 unspecified atom stereocenters. The fourth-order valence-electron chi connectivity index (χ4n) is 1.21. The molecule has 92 valence electrons. The predicted molar refractivity (Wildman–Crippen MR) is 72.2 cm³/mol. The summed E-state index contributed by atoms with van der Waals surface area (Å²) in [6, 6.07) is 7.05. The van der Waals surface area contributed by atoms with Crippen LogP contribution in [0.3, 0.4) is 0 Å². The lowest BCUT2D eigenvalue weighted by atomic mass is 10.1. The summed E-state index contributed by atoms with van der Waals surface area (Å²) in [6.07, 6.45) is 0. The maximum absolute atomic E-state index is 11.2. The topological polar surface area (TPSA) is 64.3 Å². The van der Waals surface area contributed by atoms with Crippen LogP contribution in [0.5, 0.6) is 0 Å². The molecule has 0 aliphatic rings. The van der Waals surface area contributed by atoms with Crippen LogP contribution in [0.1, 0.15) is 17.3 Å². The van der Waals surface area contributed by atoms with Gasteiger partial charge in [-0.3, -0.25) is 0 Å². The first-order valence-corrected chi connectivity index (χ1v) is 5.67. The summed E-state index contributed by atoms with van der Waals surface area (Å²) >= 11 is 4.88. The SMILES string of the molecule is COC(=O)c1ccc(NCC(C)C(N)=S)cc1. The summed E-state index contributed by atoms with van der Waals surface area (Å²) < 4.78 is 4.61. The van der Waals surface area contributed by atoms with E-state index in [2.05, 4.69) is 10.1 Å². The van der Waals surface area contributed by atoms with E-state index in [0.29, 0.717) is 17.1 Å². The lowest BCUT2D eigenvalue weighted by Crippen LogP contribution is -2.25. The summed E-state index contributed by atoms with van der Waals surface area (Å²) in [7, 11) is 1.36. The quantitative estimate of drug-likeness (QED) is 0.618. The van der Waals surface area contributed by atoms with Crippen LogP contribution < -0.4 is 11.1 Å². The molecule has 5 heteroatoms. The second-order valence-electron chi connectivity index (χ2n) is 3.75. The fraction of sp³-hybridized carbons (Fsp3) is 0.333. The van der Waals surface area contributed by atoms with Gasteiger partial charge in [-0.1, -0.05) is 19.1 Å². The minimum absolute atomic E-state index is 0.130. The number of thiocarbonyl (C=S) groups is 1. The average Bonchev–Trinajstić information content (AvgIpc) is 2.35. The first kappa shape index (κ1) is 13.4. The zero-order chi connectivity index (χ0) is 12.8. The van der Waals surface area contributed by atoms with Crippen molar-refractivity contribution in [2.75, 3.05) is 19.0 Å². The van der Waals surface area contributed by atoms with Gasteiger partial charge in [-0.2, -0.15) is 0 Å². The largest absolute Gasteiger partial charge is 0.465 e. The van der Waals surface area contributed by atoms with E-state index >= 15 is 0 Å². The van der Waals surface area contributed by atoms with Gasteiger partial charge in [0.05, 0.1) is 17.7 Å². The second kappa shape index (κ2) is 6.20. The summed E-state index contributed by atoms with van der Waals surface area (Å²) in [5, 5.41) is 3.19. The van der Waals surface area contributed by atoms with Crippen LogP contribution in [-0.4, -0.2) is 24.6 Å². The molecule has 0 aliphatic heterocycles. The van der Waals surface area contributed by atoms with Gasteiger partial charge in [0, 0.05) is 18.2 Å². The molecule has 4 nitrogen and oxygen atoms in total. The maximum Gasteiger partial charge on any atom is 0.337 e. The second-order valence-corrected chi connectivity index (χ2v) is 4.22. The number of carbonyl (C=O) groups excluding carboxylic acids is 1. The van der Waals surface area contributed by atoms with Crippen LogP contribution in [0.2, 0.25) is 0 Å². The number of esters is 1. The normalized spacial score (nSPS) is 11.6. The molecule has 0 amide bonds. The molecule has 3 N–H and O–H groups in total. The van der Waals surface area contributed by atoms with Crippen LogP contribution in [0.4, 0.5) is 5.69 Å². The van der Waals surface area contributed by atoms with E-state index in [0.717, 1.165) is 5.69 Å². The molecular formula is C12H16N2O2S. The fourth-order valence-corrected chi connectivity index (χ4v) is 1.30. The first-order chi connectivity index (χ1) is 8.04. The Balaban J connectivity index is 2.57. The molecule has 0 radical (unpaired) electrons. The Morgan fingerprint density at radius 3 is 2.53 bits per heavy atom. The third kappa shape index (κ3) is 4.03. The number of carbonyl (C=O) groups is 1. The Kier molecular flexibility index (Phi) is 4.90. The Labute approximate surface area is 106 Å². The molecule has 0 fully saturated rings. The Bertz CT molecular complexity index is 403. The Morgan fingerprint density at radius 2 is 2.06 bits per heavy atom. The average molecular weight is 252 g/mol. The van der Waals surface area contributed by atoms with Gasteiger partial charge in [0.2, 0.25) is 0 Å². The Hall–Kier alpha value is -1.62. The van der Waals surface area contributed by atoms with Crippen molar-refractivity contribution in [1.82, 2.24) is 0 Å². The molecule has 1 aromatic rings. The number of benzene rings is 1. The molecular weight excluding hydrogens is 236 g/mol. The van der Waals surface area contributed by atoms with Crippen molar-refractivity contribution in [3.05, 3.63) is 29.8 Å². The van der Waals surface area contributed by atoms with Crippen molar-refractivity contribution < 1.29 is 9.53 Å². The van der Waals surface area contributed by atoms with Gasteiger partial charge >= 0.3 is 5.97 Å². The zero-order valence-corrected chi connectivity index (χ0v) is 10.7. The number of methoxy groups -OCH3 is 1. The molecule has 0 saturated heterocycles. The van der Waals surface area contributed by atoms with Gasteiger partial charge in [0.25, 0.3) is 0 Å². The first-order valence-electron chi connectivity index (χ1n) is 5.26. The molecule has 0 aliphatic carbocycles. The van der Waals surface area contributed by atoms with Crippen molar-refractivity contribution in [2.45, 2.75) is 6.92 Å². The number of ether oxygens (including phenoxy) is 1. The van der Waals surface area contributed by atoms with E-state index in [4.69, 9.17) is 18.0 Å². The van der Waals surface area contributed by atoms with Crippen LogP contribution in [-0.2, 0) is 4.74 Å². The van der Waals surface area contributed by atoms with Crippen molar-refractivity contribution in [2.24, 2.45) is 11.7 Å². The molecule has 1 rings (SSSR count). The maximum atomic E-state index is 11.2. The number of rotatable bonds is 5. The number of anilines is 1. The summed E-state index contributed by atoms with van der Waals surface area (Å²) in [5.74, 6) is -0.210. The van der Waals surface area contributed by atoms with Crippen molar-refractivity contribution in [3.8, 4) is 0 Å². The van der Waals surface area contributed by atoms with Gasteiger partial charge in [0.15, 0.2) is 0 Å². The van der Waals surface area contributed by atoms with Crippen molar-refractivity contribution >= 4 is 28.9 Å². The monoisotopic (exact) mass is 252 g/mol. The predicted octanol–water partition coefficient (Wildman–Crippen LogP) is 1.81. The van der Waals surface area contributed by atoms with Gasteiger partial charge < -0.3 is 15.8 Å². The molecule has 17 heavy (non-hydrogen) atoms. The van der Waals surface area contributed by atoms with E-state index in [1.165, 1.54) is 7.11 Å². The van der Waals surface area contributed by atoms with Crippen molar-refractivity contribution in [1.29, 1.82) is 0 Å². The van der Waals surface area contributed by atoms with Gasteiger partial charge in [0.1, 0.15) is 0 Å². The van der Waals surface area contributed by atoms with Crippen molar-refractivity contribution in [3.63, 3.8) is 0 Å².